The second-order valence-electron chi connectivity index (χ2n) is 9.56. The number of benzene rings is 1. The molecule has 1 N–H and O–H groups in total. The molecular formula is C26H28N3O2Si. The summed E-state index contributed by atoms with van der Waals surface area (Å²) in [5, 5.41) is 1.20. The zero-order valence-electron chi connectivity index (χ0n) is 19.1. The molecule has 0 aliphatic rings. The van der Waals surface area contributed by atoms with Crippen LogP contribution in [0.3, 0.4) is 0 Å². The predicted octanol–water partition coefficient (Wildman–Crippen LogP) is 7.10. The lowest BCUT2D eigenvalue weighted by Gasteiger charge is -2.30. The van der Waals surface area contributed by atoms with Crippen LogP contribution >= 0.6 is 0 Å². The summed E-state index contributed by atoms with van der Waals surface area (Å²) in [6, 6.07) is 16.6. The van der Waals surface area contributed by atoms with Crippen LogP contribution in [0, 0.1) is 5.41 Å². The van der Waals surface area contributed by atoms with Crippen molar-refractivity contribution < 1.29 is 8.84 Å². The number of H-pyrrole nitrogens is 1. The Balaban J connectivity index is 1.48. The van der Waals surface area contributed by atoms with Gasteiger partial charge in [0.1, 0.15) is 23.3 Å². The van der Waals surface area contributed by atoms with Crippen molar-refractivity contribution in [2.45, 2.75) is 40.0 Å². The van der Waals surface area contributed by atoms with Gasteiger partial charge < -0.3 is 18.2 Å². The molecule has 1 aromatic carbocycles. The van der Waals surface area contributed by atoms with E-state index < -0.39 is 9.04 Å². The highest BCUT2D eigenvalue weighted by atomic mass is 28.3. The smallest absolute Gasteiger partial charge is 0.206 e. The Morgan fingerprint density at radius 3 is 2.59 bits per heavy atom. The van der Waals surface area contributed by atoms with Crippen LogP contribution in [0.4, 0.5) is 0 Å². The number of nitrogens with zero attached hydrogens (tertiary/aromatic N) is 2. The lowest BCUT2D eigenvalue weighted by molar-refractivity contribution is 0.0668. The summed E-state index contributed by atoms with van der Waals surface area (Å²) in [5.41, 5.74) is 5.03. The van der Waals surface area contributed by atoms with Crippen molar-refractivity contribution in [2.75, 3.05) is 0 Å². The first-order chi connectivity index (χ1) is 15.3. The lowest BCUT2D eigenvalue weighted by atomic mass is 9.88. The Morgan fingerprint density at radius 2 is 1.81 bits per heavy atom. The zero-order valence-corrected chi connectivity index (χ0v) is 20.1. The fraction of sp³-hybridized carbons (Fsp3) is 0.269. The third-order valence-electron chi connectivity index (χ3n) is 5.61. The fourth-order valence-electron chi connectivity index (χ4n) is 4.03. The van der Waals surface area contributed by atoms with E-state index in [1.54, 1.807) is 0 Å². The molecule has 163 valence electrons. The van der Waals surface area contributed by atoms with Crippen molar-refractivity contribution in [1.29, 1.82) is 0 Å². The van der Waals surface area contributed by atoms with Crippen molar-refractivity contribution >= 4 is 25.6 Å². The third-order valence-corrected chi connectivity index (χ3v) is 6.32. The molecule has 5 aromatic rings. The van der Waals surface area contributed by atoms with Crippen molar-refractivity contribution in [3.8, 4) is 22.6 Å². The molecule has 5 nitrogen and oxygen atoms in total. The average Bonchev–Trinajstić information content (AvgIpc) is 3.48. The van der Waals surface area contributed by atoms with Crippen LogP contribution in [0.5, 0.6) is 0 Å². The topological polar surface area (TPSA) is 55.5 Å². The van der Waals surface area contributed by atoms with E-state index in [0.717, 1.165) is 39.5 Å². The highest BCUT2D eigenvalue weighted by molar-refractivity contribution is 6.48. The van der Waals surface area contributed by atoms with E-state index in [4.69, 9.17) is 13.8 Å². The third kappa shape index (κ3) is 3.92. The Morgan fingerprint density at radius 1 is 1.00 bits per heavy atom. The van der Waals surface area contributed by atoms with Gasteiger partial charge in [0.2, 0.25) is 9.04 Å². The first-order valence-electron chi connectivity index (χ1n) is 10.9. The van der Waals surface area contributed by atoms with Crippen LogP contribution in [0.25, 0.3) is 39.1 Å². The molecule has 4 heterocycles. The summed E-state index contributed by atoms with van der Waals surface area (Å²) in [6.07, 6.45) is 6.03. The van der Waals surface area contributed by atoms with Gasteiger partial charge in [-0.3, -0.25) is 0 Å². The van der Waals surface area contributed by atoms with Crippen LogP contribution in [0.15, 0.2) is 71.5 Å². The van der Waals surface area contributed by atoms with Gasteiger partial charge in [0.25, 0.3) is 0 Å². The summed E-state index contributed by atoms with van der Waals surface area (Å²) in [5.74, 6) is 1.72. The molecule has 1 unspecified atom stereocenters. The van der Waals surface area contributed by atoms with Gasteiger partial charge >= 0.3 is 0 Å². The van der Waals surface area contributed by atoms with Gasteiger partial charge in [0.05, 0.1) is 5.69 Å². The summed E-state index contributed by atoms with van der Waals surface area (Å²) in [6.45, 7) is 10.9. The van der Waals surface area contributed by atoms with E-state index in [-0.39, 0.29) is 11.5 Å². The molecule has 0 aliphatic heterocycles. The lowest BCUT2D eigenvalue weighted by Crippen LogP contribution is -2.25. The van der Waals surface area contributed by atoms with Crippen LogP contribution < -0.4 is 0 Å². The zero-order chi connectivity index (χ0) is 22.5. The number of rotatable bonds is 5. The van der Waals surface area contributed by atoms with E-state index in [1.165, 1.54) is 5.39 Å². The number of pyridine rings is 1. The SMILES string of the molecule is C[Si](C)OC(c1ccc(-c2ccc3nc(-c4ccc5cc[nH]c5c4)cn3c2)o1)C(C)(C)C. The highest BCUT2D eigenvalue weighted by Gasteiger charge is 2.31. The van der Waals surface area contributed by atoms with Gasteiger partial charge in [0.15, 0.2) is 0 Å². The van der Waals surface area contributed by atoms with Gasteiger partial charge in [-0.1, -0.05) is 32.9 Å². The Labute approximate surface area is 189 Å². The maximum atomic E-state index is 6.29. The monoisotopic (exact) mass is 442 g/mol. The van der Waals surface area contributed by atoms with E-state index in [1.807, 2.05) is 24.4 Å². The molecule has 32 heavy (non-hydrogen) atoms. The molecule has 0 fully saturated rings. The number of hydrogen-bond acceptors (Lipinski definition) is 3. The standard InChI is InChI=1S/C26H28N3O2Si/c1-26(2,3)25(31-32(4)5)23-10-9-22(30-23)19-8-11-24-28-21(16-29(24)15-19)18-7-6-17-12-13-27-20(17)14-18/h6-16,25,27H,1-5H3. The Hall–Kier alpha value is -3.09. The number of fused-ring (bicyclic) bond motifs is 2. The molecule has 1 radical (unpaired) electrons. The number of furan rings is 1. The average molecular weight is 443 g/mol. The first kappa shape index (κ1) is 20.8. The summed E-state index contributed by atoms with van der Waals surface area (Å²) >= 11 is 0. The molecule has 0 bridgehead atoms. The number of nitrogens with one attached hydrogen (secondary N) is 1. The number of aromatic amines is 1. The number of aromatic nitrogens is 3. The van der Waals surface area contributed by atoms with E-state index in [2.05, 4.69) is 86.0 Å². The summed E-state index contributed by atoms with van der Waals surface area (Å²) in [4.78, 5) is 8.08. The largest absolute Gasteiger partial charge is 0.458 e. The molecule has 0 saturated heterocycles. The van der Waals surface area contributed by atoms with Gasteiger partial charge in [-0.25, -0.2) is 4.98 Å². The molecule has 0 aliphatic carbocycles. The highest BCUT2D eigenvalue weighted by Crippen LogP contribution is 2.39. The molecule has 0 spiro atoms. The fourth-order valence-corrected chi connectivity index (χ4v) is 4.97. The van der Waals surface area contributed by atoms with E-state index in [0.29, 0.717) is 0 Å². The van der Waals surface area contributed by atoms with Crippen LogP contribution in [0.2, 0.25) is 13.1 Å². The first-order valence-corrected chi connectivity index (χ1v) is 13.3. The predicted molar refractivity (Wildman–Crippen MR) is 131 cm³/mol. The van der Waals surface area contributed by atoms with Crippen molar-refractivity contribution in [3.63, 3.8) is 0 Å². The summed E-state index contributed by atoms with van der Waals surface area (Å²) < 4.78 is 14.6. The van der Waals surface area contributed by atoms with Gasteiger partial charge in [-0.2, -0.15) is 0 Å². The molecule has 4 aromatic heterocycles. The van der Waals surface area contributed by atoms with Crippen molar-refractivity contribution in [1.82, 2.24) is 14.4 Å². The molecule has 5 rings (SSSR count). The van der Waals surface area contributed by atoms with Crippen LogP contribution in [-0.4, -0.2) is 23.4 Å². The second-order valence-corrected chi connectivity index (χ2v) is 11.6. The Kier molecular flexibility index (Phi) is 5.07. The maximum Gasteiger partial charge on any atom is 0.206 e. The second kappa shape index (κ2) is 7.80. The van der Waals surface area contributed by atoms with E-state index in [9.17, 15) is 0 Å². The molecule has 6 heteroatoms. The van der Waals surface area contributed by atoms with E-state index >= 15 is 0 Å². The molecule has 0 saturated carbocycles. The van der Waals surface area contributed by atoms with Crippen LogP contribution in [-0.2, 0) is 4.43 Å². The maximum absolute atomic E-state index is 6.29. The minimum Gasteiger partial charge on any atom is -0.458 e. The Bertz CT molecular complexity index is 1390. The normalized spacial score (nSPS) is 13.4. The molecule has 1 atom stereocenters. The van der Waals surface area contributed by atoms with Gasteiger partial charge in [-0.05, 0) is 60.3 Å². The minimum atomic E-state index is -0.854. The van der Waals surface area contributed by atoms with Crippen molar-refractivity contribution in [3.05, 3.63) is 72.9 Å². The van der Waals surface area contributed by atoms with Gasteiger partial charge in [0, 0.05) is 35.2 Å². The summed E-state index contributed by atoms with van der Waals surface area (Å²) in [7, 11) is -0.854. The quantitative estimate of drug-likeness (QED) is 0.295. The van der Waals surface area contributed by atoms with Crippen LogP contribution in [0.1, 0.15) is 32.6 Å². The van der Waals surface area contributed by atoms with Crippen molar-refractivity contribution in [2.24, 2.45) is 5.41 Å². The number of imidazole rings is 1. The molecular weight excluding hydrogens is 414 g/mol. The number of hydrogen-bond donors (Lipinski definition) is 1. The molecule has 0 amide bonds. The van der Waals surface area contributed by atoms with Gasteiger partial charge in [-0.15, -0.1) is 0 Å². The minimum absolute atomic E-state index is 0.0412.